The van der Waals surface area contributed by atoms with Crippen molar-refractivity contribution in [1.82, 2.24) is 19.6 Å². The lowest BCUT2D eigenvalue weighted by Gasteiger charge is -2.03. The molecule has 0 radical (unpaired) electrons. The quantitative estimate of drug-likeness (QED) is 0.419. The van der Waals surface area contributed by atoms with Gasteiger partial charge in [0.2, 0.25) is 0 Å². The number of benzene rings is 1. The van der Waals surface area contributed by atoms with Crippen LogP contribution >= 0.6 is 34.3 Å². The molecule has 24 heavy (non-hydrogen) atoms. The van der Waals surface area contributed by atoms with E-state index in [1.54, 1.807) is 22.7 Å². The van der Waals surface area contributed by atoms with Gasteiger partial charge in [0, 0.05) is 28.5 Å². The van der Waals surface area contributed by atoms with Crippen molar-refractivity contribution in [3.63, 3.8) is 0 Å². The van der Waals surface area contributed by atoms with Gasteiger partial charge in [-0.1, -0.05) is 35.9 Å². The minimum Gasteiger partial charge on any atom is -0.297 e. The summed E-state index contributed by atoms with van der Waals surface area (Å²) in [5, 5.41) is 12.8. The molecule has 5 aromatic rings. The predicted octanol–water partition coefficient (Wildman–Crippen LogP) is 5.39. The van der Waals surface area contributed by atoms with Crippen molar-refractivity contribution in [2.24, 2.45) is 0 Å². The summed E-state index contributed by atoms with van der Waals surface area (Å²) in [7, 11) is 0. The number of fused-ring (bicyclic) bond motifs is 2. The maximum atomic E-state index is 6.17. The summed E-state index contributed by atoms with van der Waals surface area (Å²) in [6.07, 6.45) is 4.07. The molecule has 0 aliphatic rings. The molecule has 0 atom stereocenters. The van der Waals surface area contributed by atoms with Gasteiger partial charge in [-0.2, -0.15) is 0 Å². The van der Waals surface area contributed by atoms with Gasteiger partial charge in [-0.05, 0) is 12.1 Å². The predicted molar refractivity (Wildman–Crippen MR) is 99.9 cm³/mol. The summed E-state index contributed by atoms with van der Waals surface area (Å²) < 4.78 is 2.04. The van der Waals surface area contributed by atoms with E-state index >= 15 is 0 Å². The molecule has 0 aliphatic carbocycles. The Kier molecular flexibility index (Phi) is 3.16. The fraction of sp³-hybridized carbons (Fsp3) is 0. The molecule has 0 amide bonds. The van der Waals surface area contributed by atoms with Crippen molar-refractivity contribution >= 4 is 50.0 Å². The molecule has 4 nitrogen and oxygen atoms in total. The van der Waals surface area contributed by atoms with Gasteiger partial charge in [-0.15, -0.1) is 32.9 Å². The second kappa shape index (κ2) is 5.37. The second-order valence-electron chi connectivity index (χ2n) is 5.27. The van der Waals surface area contributed by atoms with Crippen LogP contribution in [-0.4, -0.2) is 19.6 Å². The molecule has 0 N–H and O–H groups in total. The number of hydrogen-bond acceptors (Lipinski definition) is 5. The van der Waals surface area contributed by atoms with Gasteiger partial charge in [0.15, 0.2) is 10.1 Å². The van der Waals surface area contributed by atoms with Gasteiger partial charge in [0.05, 0.1) is 9.75 Å². The van der Waals surface area contributed by atoms with E-state index in [2.05, 4.69) is 27.3 Å². The Morgan fingerprint density at radius 3 is 2.67 bits per heavy atom. The molecule has 5 rings (SSSR count). The summed E-state index contributed by atoms with van der Waals surface area (Å²) in [5.74, 6) is 0. The van der Waals surface area contributed by atoms with Gasteiger partial charge in [-0.25, -0.2) is 4.98 Å². The molecule has 0 saturated carbocycles. The Balaban J connectivity index is 1.65. The molecular weight excluding hydrogens is 360 g/mol. The highest BCUT2D eigenvalue weighted by Gasteiger charge is 2.14. The molecule has 116 valence electrons. The van der Waals surface area contributed by atoms with Crippen LogP contribution in [0.2, 0.25) is 5.15 Å². The molecule has 1 aromatic carbocycles. The van der Waals surface area contributed by atoms with Crippen molar-refractivity contribution in [3.05, 3.63) is 59.3 Å². The fourth-order valence-corrected chi connectivity index (χ4v) is 4.56. The van der Waals surface area contributed by atoms with Crippen LogP contribution in [0, 0.1) is 0 Å². The molecule has 4 heterocycles. The van der Waals surface area contributed by atoms with Gasteiger partial charge in [0.1, 0.15) is 11.4 Å². The lowest BCUT2D eigenvalue weighted by Crippen LogP contribution is -1.89. The van der Waals surface area contributed by atoms with Crippen molar-refractivity contribution in [2.75, 3.05) is 0 Å². The van der Waals surface area contributed by atoms with Gasteiger partial charge in [0.25, 0.3) is 0 Å². The van der Waals surface area contributed by atoms with E-state index in [1.807, 2.05) is 46.4 Å². The average molecular weight is 369 g/mol. The molecule has 0 unspecified atom stereocenters. The topological polar surface area (TPSA) is 43.1 Å². The number of hydrogen-bond donors (Lipinski definition) is 0. The highest BCUT2D eigenvalue weighted by atomic mass is 35.5. The number of aromatic nitrogens is 4. The van der Waals surface area contributed by atoms with E-state index in [-0.39, 0.29) is 0 Å². The molecular formula is C17H9ClN4S2. The van der Waals surface area contributed by atoms with Crippen LogP contribution in [0.4, 0.5) is 0 Å². The summed E-state index contributed by atoms with van der Waals surface area (Å²) in [6.45, 7) is 0. The summed E-state index contributed by atoms with van der Waals surface area (Å²) in [6, 6.07) is 12.1. The first-order valence-corrected chi connectivity index (χ1v) is 9.31. The monoisotopic (exact) mass is 368 g/mol. The van der Waals surface area contributed by atoms with Crippen molar-refractivity contribution in [1.29, 1.82) is 0 Å². The molecule has 0 fully saturated rings. The lowest BCUT2D eigenvalue weighted by atomic mass is 10.1. The van der Waals surface area contributed by atoms with Crippen LogP contribution in [0.5, 0.6) is 0 Å². The first kappa shape index (κ1) is 14.1. The minimum absolute atomic E-state index is 0.431. The zero-order valence-electron chi connectivity index (χ0n) is 12.2. The number of thiazole rings is 1. The molecule has 0 bridgehead atoms. The molecule has 0 saturated heterocycles. The van der Waals surface area contributed by atoms with Gasteiger partial charge in [-0.3, -0.25) is 4.40 Å². The lowest BCUT2D eigenvalue weighted by molar-refractivity contribution is 1.06. The van der Waals surface area contributed by atoms with E-state index in [0.29, 0.717) is 5.15 Å². The SMILES string of the molecule is Clc1nnc(-c2ccc(-c3cn4ccsc4n3)s2)c2ccccc12. The third kappa shape index (κ3) is 2.15. The maximum Gasteiger partial charge on any atom is 0.194 e. The first-order valence-electron chi connectivity index (χ1n) is 7.23. The molecule has 4 aromatic heterocycles. The number of halogens is 1. The number of imidazole rings is 1. The van der Waals surface area contributed by atoms with E-state index in [0.717, 1.165) is 36.9 Å². The molecule has 0 aliphatic heterocycles. The van der Waals surface area contributed by atoms with E-state index in [4.69, 9.17) is 11.6 Å². The Morgan fingerprint density at radius 1 is 0.958 bits per heavy atom. The Bertz CT molecular complexity index is 1160. The van der Waals surface area contributed by atoms with Crippen molar-refractivity contribution in [3.8, 4) is 21.1 Å². The summed E-state index contributed by atoms with van der Waals surface area (Å²) in [5.41, 5.74) is 1.83. The number of rotatable bonds is 2. The Morgan fingerprint density at radius 2 is 1.79 bits per heavy atom. The van der Waals surface area contributed by atoms with Crippen molar-refractivity contribution in [2.45, 2.75) is 0 Å². The standard InChI is InChI=1S/C17H9ClN4S2/c18-16-11-4-2-1-3-10(11)15(20-21-16)14-6-5-13(24-14)12-9-22-7-8-23-17(22)19-12/h1-9H. The Labute approximate surface area is 150 Å². The average Bonchev–Trinajstić information content (AvgIpc) is 3.30. The molecule has 0 spiro atoms. The van der Waals surface area contributed by atoms with Crippen LogP contribution in [0.25, 0.3) is 36.9 Å². The third-order valence-corrected chi connectivity index (χ3v) is 5.99. The second-order valence-corrected chi connectivity index (χ2v) is 7.58. The van der Waals surface area contributed by atoms with E-state index in [1.165, 1.54) is 0 Å². The smallest absolute Gasteiger partial charge is 0.194 e. The van der Waals surface area contributed by atoms with Crippen LogP contribution in [-0.2, 0) is 0 Å². The van der Waals surface area contributed by atoms with Crippen LogP contribution in [0.15, 0.2) is 54.2 Å². The van der Waals surface area contributed by atoms with Crippen LogP contribution in [0.1, 0.15) is 0 Å². The van der Waals surface area contributed by atoms with E-state index in [9.17, 15) is 0 Å². The number of nitrogens with zero attached hydrogens (tertiary/aromatic N) is 4. The minimum atomic E-state index is 0.431. The normalized spacial score (nSPS) is 11.5. The van der Waals surface area contributed by atoms with Crippen LogP contribution < -0.4 is 0 Å². The van der Waals surface area contributed by atoms with Gasteiger partial charge >= 0.3 is 0 Å². The summed E-state index contributed by atoms with van der Waals surface area (Å²) >= 11 is 9.46. The van der Waals surface area contributed by atoms with Gasteiger partial charge < -0.3 is 0 Å². The zero-order valence-corrected chi connectivity index (χ0v) is 14.6. The van der Waals surface area contributed by atoms with Crippen LogP contribution in [0.3, 0.4) is 0 Å². The maximum absolute atomic E-state index is 6.17. The summed E-state index contributed by atoms with van der Waals surface area (Å²) in [4.78, 5) is 7.83. The highest BCUT2D eigenvalue weighted by molar-refractivity contribution is 7.19. The largest absolute Gasteiger partial charge is 0.297 e. The Hall–Kier alpha value is -2.28. The molecule has 7 heteroatoms. The third-order valence-electron chi connectivity index (χ3n) is 3.83. The van der Waals surface area contributed by atoms with Crippen molar-refractivity contribution < 1.29 is 0 Å². The highest BCUT2D eigenvalue weighted by Crippen LogP contribution is 2.37. The fourth-order valence-electron chi connectivity index (χ4n) is 2.70. The first-order chi connectivity index (χ1) is 11.8. The number of thiophene rings is 1. The zero-order chi connectivity index (χ0) is 16.1. The van der Waals surface area contributed by atoms with E-state index < -0.39 is 0 Å².